The van der Waals surface area contributed by atoms with Crippen LogP contribution in [0.1, 0.15) is 5.56 Å². The zero-order chi connectivity index (χ0) is 16.3. The van der Waals surface area contributed by atoms with E-state index in [1.54, 1.807) is 6.07 Å². The number of ether oxygens (including phenoxy) is 2. The number of phenols is 1. The van der Waals surface area contributed by atoms with E-state index in [1.165, 1.54) is 12.1 Å². The maximum Gasteiger partial charge on any atom is 0.229 e. The highest BCUT2D eigenvalue weighted by Gasteiger charge is 2.44. The van der Waals surface area contributed by atoms with Crippen LogP contribution in [0, 0.1) is 0 Å². The third-order valence-corrected chi connectivity index (χ3v) is 3.52. The molecular weight excluding hydrogens is 296 g/mol. The average Bonchev–Trinajstić information content (AvgIpc) is 2.51. The van der Waals surface area contributed by atoms with Crippen molar-refractivity contribution in [3.63, 3.8) is 0 Å². The number of aliphatic hydroxyl groups excluding tert-OH is 5. The summed E-state index contributed by atoms with van der Waals surface area (Å²) in [7, 11) is 0. The van der Waals surface area contributed by atoms with Crippen LogP contribution in [-0.2, 0) is 11.2 Å². The molecule has 1 aromatic carbocycles. The van der Waals surface area contributed by atoms with Gasteiger partial charge in [-0.2, -0.15) is 0 Å². The molecule has 1 heterocycles. The Morgan fingerprint density at radius 3 is 2.41 bits per heavy atom. The maximum absolute atomic E-state index is 9.88. The Morgan fingerprint density at radius 1 is 1.05 bits per heavy atom. The molecule has 5 atom stereocenters. The molecule has 1 fully saturated rings. The van der Waals surface area contributed by atoms with Crippen molar-refractivity contribution in [3.05, 3.63) is 23.8 Å². The highest BCUT2D eigenvalue weighted by molar-refractivity contribution is 5.42. The predicted molar refractivity (Wildman–Crippen MR) is 73.3 cm³/mol. The lowest BCUT2D eigenvalue weighted by Crippen LogP contribution is -2.60. The summed E-state index contributed by atoms with van der Waals surface area (Å²) in [4.78, 5) is 0. The number of hydrogen-bond donors (Lipinski definition) is 6. The number of rotatable bonds is 5. The lowest BCUT2D eigenvalue weighted by Gasteiger charge is -2.39. The lowest BCUT2D eigenvalue weighted by atomic mass is 9.99. The van der Waals surface area contributed by atoms with E-state index in [9.17, 15) is 20.4 Å². The molecule has 0 amide bonds. The molecule has 6 N–H and O–H groups in total. The standard InChI is InChI=1S/C14H20O8/c15-4-3-7-1-2-8(17)9(5-7)21-14-13(20)12(19)11(18)10(6-16)22-14/h1-2,5,10-20H,3-4,6H2/t10-,11+,12+,13-,14-/m1/s1. The van der Waals surface area contributed by atoms with Gasteiger partial charge in [0.25, 0.3) is 0 Å². The smallest absolute Gasteiger partial charge is 0.229 e. The van der Waals surface area contributed by atoms with Crippen LogP contribution >= 0.6 is 0 Å². The van der Waals surface area contributed by atoms with Crippen LogP contribution in [-0.4, -0.2) is 74.6 Å². The molecular formula is C14H20O8. The summed E-state index contributed by atoms with van der Waals surface area (Å²) in [6, 6.07) is 4.43. The molecule has 2 rings (SSSR count). The second-order valence-corrected chi connectivity index (χ2v) is 5.09. The average molecular weight is 316 g/mol. The van der Waals surface area contributed by atoms with E-state index < -0.39 is 37.3 Å². The Kier molecular flexibility index (Phi) is 5.57. The minimum atomic E-state index is -1.56. The molecule has 0 saturated carbocycles. The van der Waals surface area contributed by atoms with Gasteiger partial charge >= 0.3 is 0 Å². The summed E-state index contributed by atoms with van der Waals surface area (Å²) >= 11 is 0. The minimum Gasteiger partial charge on any atom is -0.504 e. The minimum absolute atomic E-state index is 0.00437. The molecule has 124 valence electrons. The molecule has 1 aliphatic heterocycles. The highest BCUT2D eigenvalue weighted by atomic mass is 16.7. The molecule has 0 aromatic heterocycles. The van der Waals surface area contributed by atoms with Gasteiger partial charge in [0.05, 0.1) is 6.61 Å². The number of aliphatic hydroxyl groups is 5. The van der Waals surface area contributed by atoms with Crippen LogP contribution < -0.4 is 4.74 Å². The van der Waals surface area contributed by atoms with Crippen molar-refractivity contribution < 1.29 is 40.1 Å². The molecule has 0 radical (unpaired) electrons. The molecule has 1 aromatic rings. The summed E-state index contributed by atoms with van der Waals surface area (Å²) in [5.74, 6) is -0.214. The zero-order valence-electron chi connectivity index (χ0n) is 11.7. The Balaban J connectivity index is 2.16. The van der Waals surface area contributed by atoms with Crippen LogP contribution in [0.2, 0.25) is 0 Å². The van der Waals surface area contributed by atoms with Crippen LogP contribution in [0.4, 0.5) is 0 Å². The molecule has 1 saturated heterocycles. The summed E-state index contributed by atoms with van der Waals surface area (Å²) < 4.78 is 10.5. The highest BCUT2D eigenvalue weighted by Crippen LogP contribution is 2.31. The number of phenolic OH excluding ortho intramolecular Hbond substituents is 1. The molecule has 8 heteroatoms. The Hall–Kier alpha value is -1.42. The van der Waals surface area contributed by atoms with Gasteiger partial charge in [-0.15, -0.1) is 0 Å². The number of hydrogen-bond acceptors (Lipinski definition) is 8. The second kappa shape index (κ2) is 7.23. The molecule has 0 aliphatic carbocycles. The topological polar surface area (TPSA) is 140 Å². The quantitative estimate of drug-likeness (QED) is 0.370. The second-order valence-electron chi connectivity index (χ2n) is 5.09. The Bertz CT molecular complexity index is 492. The predicted octanol–water partition coefficient (Wildman–Crippen LogP) is -1.89. The van der Waals surface area contributed by atoms with Crippen molar-refractivity contribution in [1.82, 2.24) is 0 Å². The van der Waals surface area contributed by atoms with Gasteiger partial charge in [0.15, 0.2) is 11.5 Å². The van der Waals surface area contributed by atoms with Crippen molar-refractivity contribution in [1.29, 1.82) is 0 Å². The van der Waals surface area contributed by atoms with Gasteiger partial charge < -0.3 is 40.1 Å². The largest absolute Gasteiger partial charge is 0.504 e. The number of aromatic hydroxyl groups is 1. The molecule has 0 spiro atoms. The van der Waals surface area contributed by atoms with Crippen molar-refractivity contribution in [2.45, 2.75) is 37.1 Å². The first-order chi connectivity index (χ1) is 10.5. The van der Waals surface area contributed by atoms with Gasteiger partial charge in [0.1, 0.15) is 24.4 Å². The maximum atomic E-state index is 9.88. The van der Waals surface area contributed by atoms with Crippen LogP contribution in [0.15, 0.2) is 18.2 Å². The van der Waals surface area contributed by atoms with Crippen LogP contribution in [0.25, 0.3) is 0 Å². The van der Waals surface area contributed by atoms with Gasteiger partial charge in [0, 0.05) is 6.61 Å². The van der Waals surface area contributed by atoms with Crippen LogP contribution in [0.3, 0.4) is 0 Å². The van der Waals surface area contributed by atoms with Crippen molar-refractivity contribution in [2.75, 3.05) is 13.2 Å². The first-order valence-electron chi connectivity index (χ1n) is 6.88. The first-order valence-corrected chi connectivity index (χ1v) is 6.88. The van der Waals surface area contributed by atoms with Gasteiger partial charge in [-0.1, -0.05) is 6.07 Å². The number of benzene rings is 1. The van der Waals surface area contributed by atoms with E-state index in [4.69, 9.17) is 19.7 Å². The van der Waals surface area contributed by atoms with Crippen LogP contribution in [0.5, 0.6) is 11.5 Å². The zero-order valence-corrected chi connectivity index (χ0v) is 11.7. The van der Waals surface area contributed by atoms with E-state index in [0.29, 0.717) is 12.0 Å². The fourth-order valence-electron chi connectivity index (χ4n) is 2.23. The molecule has 0 unspecified atom stereocenters. The molecule has 8 nitrogen and oxygen atoms in total. The van der Waals surface area contributed by atoms with Crippen molar-refractivity contribution in [2.24, 2.45) is 0 Å². The normalized spacial score (nSPS) is 32.0. The Morgan fingerprint density at radius 2 is 1.77 bits per heavy atom. The fourth-order valence-corrected chi connectivity index (χ4v) is 2.23. The van der Waals surface area contributed by atoms with E-state index >= 15 is 0 Å². The van der Waals surface area contributed by atoms with Crippen molar-refractivity contribution >= 4 is 0 Å². The molecule has 1 aliphatic rings. The third kappa shape index (κ3) is 3.49. The summed E-state index contributed by atoms with van der Waals surface area (Å²) in [6.45, 7) is -0.647. The first kappa shape index (κ1) is 16.9. The summed E-state index contributed by atoms with van der Waals surface area (Å²) in [6.07, 6.45) is -6.70. The van der Waals surface area contributed by atoms with Gasteiger partial charge in [-0.05, 0) is 24.1 Å². The summed E-state index contributed by atoms with van der Waals surface area (Å²) in [5.41, 5.74) is 0.694. The monoisotopic (exact) mass is 316 g/mol. The van der Waals surface area contributed by atoms with Gasteiger partial charge in [-0.25, -0.2) is 0 Å². The summed E-state index contributed by atoms with van der Waals surface area (Å²) in [5, 5.41) is 57.1. The van der Waals surface area contributed by atoms with Gasteiger partial charge in [0.2, 0.25) is 6.29 Å². The Labute approximate surface area is 126 Å². The SMILES string of the molecule is OCCc1ccc(O)c(O[C@@H]2O[C@H](CO)[C@H](O)[C@H](O)[C@H]2O)c1. The van der Waals surface area contributed by atoms with Crippen molar-refractivity contribution in [3.8, 4) is 11.5 Å². The lowest BCUT2D eigenvalue weighted by molar-refractivity contribution is -0.277. The fraction of sp³-hybridized carbons (Fsp3) is 0.571. The molecule has 0 bridgehead atoms. The van der Waals surface area contributed by atoms with E-state index in [2.05, 4.69) is 0 Å². The van der Waals surface area contributed by atoms with E-state index in [1.807, 2.05) is 0 Å². The van der Waals surface area contributed by atoms with Gasteiger partial charge in [-0.3, -0.25) is 0 Å². The molecule has 22 heavy (non-hydrogen) atoms. The third-order valence-electron chi connectivity index (χ3n) is 3.52. The van der Waals surface area contributed by atoms with E-state index in [0.717, 1.165) is 0 Å². The van der Waals surface area contributed by atoms with E-state index in [-0.39, 0.29) is 18.1 Å².